The van der Waals surface area contributed by atoms with Crippen LogP contribution in [0.3, 0.4) is 0 Å². The first-order chi connectivity index (χ1) is 16.7. The number of anilines is 1. The van der Waals surface area contributed by atoms with Gasteiger partial charge in [0.25, 0.3) is 5.91 Å². The van der Waals surface area contributed by atoms with E-state index in [-0.39, 0.29) is 28.8 Å². The Kier molecular flexibility index (Phi) is 7.02. The number of aryl methyl sites for hydroxylation is 2. The number of carbonyl (C=O) groups is 1. The maximum absolute atomic E-state index is 15.3. The van der Waals surface area contributed by atoms with Crippen LogP contribution in [0.15, 0.2) is 35.1 Å². The van der Waals surface area contributed by atoms with E-state index < -0.39 is 23.2 Å². The Hall–Kier alpha value is -3.53. The molecule has 0 radical (unpaired) electrons. The number of benzene rings is 2. The molecule has 186 valence electrons. The third-order valence-corrected chi connectivity index (χ3v) is 5.90. The average Bonchev–Trinajstić information content (AvgIpc) is 3.13. The molecule has 0 bridgehead atoms. The summed E-state index contributed by atoms with van der Waals surface area (Å²) in [4.78, 5) is 28.0. The standard InChI is InChI=1S/C25H29F2N5O3/c1-15-8-7-9-18(26)23(15)28-24(33)17-12-19(27)20(13-21(17)35-16(2)14-30(3)4)32-25(34)31-11-6-5-10-22(31)29-32/h7-9,12-13,16H,5-6,10-11,14H2,1-4H3,(H,28,33)/t16-/m1/s1. The molecule has 0 aliphatic carbocycles. The number of para-hydroxylation sites is 1. The Morgan fingerprint density at radius 2 is 2.00 bits per heavy atom. The minimum Gasteiger partial charge on any atom is -0.488 e. The van der Waals surface area contributed by atoms with E-state index in [4.69, 9.17) is 4.74 Å². The van der Waals surface area contributed by atoms with Crippen LogP contribution in [-0.2, 0) is 13.0 Å². The van der Waals surface area contributed by atoms with E-state index in [2.05, 4.69) is 10.4 Å². The van der Waals surface area contributed by atoms with Crippen molar-refractivity contribution in [3.63, 3.8) is 0 Å². The van der Waals surface area contributed by atoms with Gasteiger partial charge in [0.1, 0.15) is 35.0 Å². The number of hydrogen-bond acceptors (Lipinski definition) is 5. The van der Waals surface area contributed by atoms with Crippen molar-refractivity contribution in [2.24, 2.45) is 0 Å². The summed E-state index contributed by atoms with van der Waals surface area (Å²) < 4.78 is 38.2. The van der Waals surface area contributed by atoms with Crippen LogP contribution >= 0.6 is 0 Å². The molecule has 8 nitrogen and oxygen atoms in total. The molecule has 4 rings (SSSR count). The van der Waals surface area contributed by atoms with Crippen LogP contribution in [0, 0.1) is 18.6 Å². The van der Waals surface area contributed by atoms with Crippen LogP contribution in [0.2, 0.25) is 0 Å². The predicted molar refractivity (Wildman–Crippen MR) is 128 cm³/mol. The topological polar surface area (TPSA) is 81.4 Å². The molecule has 0 spiro atoms. The van der Waals surface area contributed by atoms with Gasteiger partial charge >= 0.3 is 5.69 Å². The van der Waals surface area contributed by atoms with E-state index in [1.807, 2.05) is 25.9 Å². The van der Waals surface area contributed by atoms with Crippen molar-refractivity contribution >= 4 is 11.6 Å². The number of ether oxygens (including phenoxy) is 1. The quantitative estimate of drug-likeness (QED) is 0.554. The largest absolute Gasteiger partial charge is 0.488 e. The van der Waals surface area contributed by atoms with E-state index >= 15 is 4.39 Å². The molecule has 1 aromatic heterocycles. The second-order valence-electron chi connectivity index (χ2n) is 9.10. The number of fused-ring (bicyclic) bond motifs is 1. The molecule has 1 aliphatic heterocycles. The molecule has 0 unspecified atom stereocenters. The molecule has 1 aliphatic rings. The predicted octanol–water partition coefficient (Wildman–Crippen LogP) is 3.54. The number of nitrogens with one attached hydrogen (secondary N) is 1. The third-order valence-electron chi connectivity index (χ3n) is 5.90. The number of amides is 1. The highest BCUT2D eigenvalue weighted by Crippen LogP contribution is 2.29. The van der Waals surface area contributed by atoms with Crippen LogP contribution < -0.4 is 15.7 Å². The molecule has 2 heterocycles. The molecular formula is C25H29F2N5O3. The fourth-order valence-corrected chi connectivity index (χ4v) is 4.28. The summed E-state index contributed by atoms with van der Waals surface area (Å²) in [6.07, 6.45) is 2.03. The van der Waals surface area contributed by atoms with Crippen molar-refractivity contribution in [1.82, 2.24) is 19.2 Å². The van der Waals surface area contributed by atoms with Gasteiger partial charge in [0.05, 0.1) is 11.3 Å². The number of rotatable bonds is 7. The monoisotopic (exact) mass is 485 g/mol. The van der Waals surface area contributed by atoms with Crippen molar-refractivity contribution in [3.8, 4) is 11.4 Å². The van der Waals surface area contributed by atoms with Gasteiger partial charge < -0.3 is 15.0 Å². The maximum atomic E-state index is 15.3. The van der Waals surface area contributed by atoms with Gasteiger partial charge in [-0.3, -0.25) is 9.36 Å². The summed E-state index contributed by atoms with van der Waals surface area (Å²) in [7, 11) is 3.75. The van der Waals surface area contributed by atoms with Gasteiger partial charge in [-0.15, -0.1) is 5.10 Å². The minimum absolute atomic E-state index is 0.00673. The fraction of sp³-hybridized carbons (Fsp3) is 0.400. The van der Waals surface area contributed by atoms with Gasteiger partial charge in [-0.05, 0) is 58.5 Å². The normalized spacial score (nSPS) is 14.0. The second kappa shape index (κ2) is 9.99. The van der Waals surface area contributed by atoms with Gasteiger partial charge in [0.15, 0.2) is 0 Å². The Morgan fingerprint density at radius 3 is 2.69 bits per heavy atom. The Bertz CT molecular complexity index is 1290. The molecule has 1 amide bonds. The average molecular weight is 486 g/mol. The van der Waals surface area contributed by atoms with E-state index in [1.54, 1.807) is 17.6 Å². The smallest absolute Gasteiger partial charge is 0.350 e. The van der Waals surface area contributed by atoms with Gasteiger partial charge in [-0.2, -0.15) is 4.68 Å². The zero-order valence-electron chi connectivity index (χ0n) is 20.3. The second-order valence-corrected chi connectivity index (χ2v) is 9.10. The van der Waals surface area contributed by atoms with Gasteiger partial charge in [-0.1, -0.05) is 12.1 Å². The molecule has 0 fully saturated rings. The molecule has 10 heteroatoms. The van der Waals surface area contributed by atoms with E-state index in [1.165, 1.54) is 18.2 Å². The fourth-order valence-electron chi connectivity index (χ4n) is 4.28. The SMILES string of the molecule is Cc1cccc(F)c1NC(=O)c1cc(F)c(-n2nc3n(c2=O)CCCC3)cc1O[C@H](C)CN(C)C. The molecule has 2 aromatic carbocycles. The summed E-state index contributed by atoms with van der Waals surface area (Å²) in [5.41, 5.74) is -0.134. The number of hydrogen-bond donors (Lipinski definition) is 1. The van der Waals surface area contributed by atoms with Gasteiger partial charge in [0, 0.05) is 25.6 Å². The van der Waals surface area contributed by atoms with Crippen molar-refractivity contribution in [2.45, 2.75) is 45.8 Å². The Labute approximate surface area is 202 Å². The van der Waals surface area contributed by atoms with Crippen LogP contribution in [-0.4, -0.2) is 51.9 Å². The lowest BCUT2D eigenvalue weighted by Gasteiger charge is -2.21. The third kappa shape index (κ3) is 5.12. The first-order valence-electron chi connectivity index (χ1n) is 11.6. The lowest BCUT2D eigenvalue weighted by Crippen LogP contribution is -2.29. The van der Waals surface area contributed by atoms with Crippen molar-refractivity contribution in [3.05, 3.63) is 69.4 Å². The zero-order valence-corrected chi connectivity index (χ0v) is 20.3. The molecule has 3 aromatic rings. The maximum Gasteiger partial charge on any atom is 0.350 e. The summed E-state index contributed by atoms with van der Waals surface area (Å²) in [5, 5.41) is 6.86. The van der Waals surface area contributed by atoms with E-state index in [9.17, 15) is 14.0 Å². The number of aromatic nitrogens is 3. The molecular weight excluding hydrogens is 456 g/mol. The first kappa shape index (κ1) is 24.6. The van der Waals surface area contributed by atoms with Crippen molar-refractivity contribution < 1.29 is 18.3 Å². The van der Waals surface area contributed by atoms with Crippen LogP contribution in [0.25, 0.3) is 5.69 Å². The molecule has 1 N–H and O–H groups in total. The summed E-state index contributed by atoms with van der Waals surface area (Å²) in [6, 6.07) is 6.74. The van der Waals surface area contributed by atoms with Crippen LogP contribution in [0.5, 0.6) is 5.75 Å². The number of nitrogens with zero attached hydrogens (tertiary/aromatic N) is 4. The highest BCUT2D eigenvalue weighted by molar-refractivity contribution is 6.06. The summed E-state index contributed by atoms with van der Waals surface area (Å²) in [6.45, 7) is 4.53. The van der Waals surface area contributed by atoms with Gasteiger partial charge in [-0.25, -0.2) is 13.6 Å². The lowest BCUT2D eigenvalue weighted by atomic mass is 10.1. The van der Waals surface area contributed by atoms with Crippen LogP contribution in [0.1, 0.15) is 41.5 Å². The Morgan fingerprint density at radius 1 is 1.23 bits per heavy atom. The summed E-state index contributed by atoms with van der Waals surface area (Å²) in [5.74, 6) is -1.48. The molecule has 35 heavy (non-hydrogen) atoms. The Balaban J connectivity index is 1.77. The highest BCUT2D eigenvalue weighted by Gasteiger charge is 2.25. The van der Waals surface area contributed by atoms with Crippen molar-refractivity contribution in [2.75, 3.05) is 26.0 Å². The highest BCUT2D eigenvalue weighted by atomic mass is 19.1. The number of carbonyl (C=O) groups excluding carboxylic acids is 1. The van der Waals surface area contributed by atoms with Gasteiger partial charge in [0.2, 0.25) is 0 Å². The molecule has 0 saturated carbocycles. The number of likely N-dealkylation sites (N-methyl/N-ethyl adjacent to an activating group) is 1. The van der Waals surface area contributed by atoms with E-state index in [0.717, 1.165) is 23.6 Å². The minimum atomic E-state index is -0.814. The molecule has 0 saturated heterocycles. The first-order valence-corrected chi connectivity index (χ1v) is 11.6. The lowest BCUT2D eigenvalue weighted by molar-refractivity contribution is 0.101. The van der Waals surface area contributed by atoms with Crippen LogP contribution in [0.4, 0.5) is 14.5 Å². The summed E-state index contributed by atoms with van der Waals surface area (Å²) >= 11 is 0. The molecule has 1 atom stereocenters. The van der Waals surface area contributed by atoms with E-state index in [0.29, 0.717) is 30.9 Å². The zero-order chi connectivity index (χ0) is 25.3. The number of halogens is 2. The van der Waals surface area contributed by atoms with Crippen molar-refractivity contribution in [1.29, 1.82) is 0 Å².